The van der Waals surface area contributed by atoms with Gasteiger partial charge < -0.3 is 9.84 Å². The van der Waals surface area contributed by atoms with Gasteiger partial charge >= 0.3 is 0 Å². The van der Waals surface area contributed by atoms with E-state index in [9.17, 15) is 5.11 Å². The first kappa shape index (κ1) is 12.4. The maximum atomic E-state index is 9.41. The van der Waals surface area contributed by atoms with Crippen molar-refractivity contribution in [2.45, 2.75) is 20.3 Å². The summed E-state index contributed by atoms with van der Waals surface area (Å²) in [6.45, 7) is 4.73. The highest BCUT2D eigenvalue weighted by Crippen LogP contribution is 2.28. The first-order chi connectivity index (χ1) is 8.70. The molecular weight excluding hydrogens is 226 g/mol. The van der Waals surface area contributed by atoms with Crippen molar-refractivity contribution in [2.75, 3.05) is 6.61 Å². The zero-order chi connectivity index (χ0) is 13.0. The van der Waals surface area contributed by atoms with Crippen molar-refractivity contribution in [3.63, 3.8) is 0 Å². The van der Waals surface area contributed by atoms with Crippen LogP contribution in [0.2, 0.25) is 0 Å². The Hall–Kier alpha value is -2.03. The molecule has 0 aliphatic rings. The first-order valence-corrected chi connectivity index (χ1v) is 6.08. The number of aromatic hydroxyl groups is 1. The minimum absolute atomic E-state index is 0.280. The number of hydrogen-bond donors (Lipinski definition) is 1. The molecule has 0 aliphatic carbocycles. The summed E-state index contributed by atoms with van der Waals surface area (Å²) in [5.41, 5.74) is 3.08. The lowest BCUT2D eigenvalue weighted by Crippen LogP contribution is -1.96. The number of benzene rings is 1. The average molecular weight is 243 g/mol. The summed E-state index contributed by atoms with van der Waals surface area (Å²) >= 11 is 0. The van der Waals surface area contributed by atoms with Crippen LogP contribution in [0.1, 0.15) is 18.9 Å². The van der Waals surface area contributed by atoms with Crippen molar-refractivity contribution in [3.05, 3.63) is 42.2 Å². The smallest absolute Gasteiger partial charge is 0.138 e. The molecular formula is C15H17NO2. The summed E-state index contributed by atoms with van der Waals surface area (Å²) in [4.78, 5) is 4.19. The van der Waals surface area contributed by atoms with E-state index < -0.39 is 0 Å². The fourth-order valence-corrected chi connectivity index (χ4v) is 1.84. The van der Waals surface area contributed by atoms with Crippen LogP contribution in [0.25, 0.3) is 11.1 Å². The van der Waals surface area contributed by atoms with Crippen LogP contribution in [0.3, 0.4) is 0 Å². The van der Waals surface area contributed by atoms with Gasteiger partial charge in [-0.25, -0.2) is 0 Å². The number of aromatic nitrogens is 1. The van der Waals surface area contributed by atoms with Crippen LogP contribution in [0.15, 0.2) is 36.7 Å². The third-order valence-electron chi connectivity index (χ3n) is 2.71. The molecule has 3 nitrogen and oxygen atoms in total. The minimum atomic E-state index is 0.280. The monoisotopic (exact) mass is 243 g/mol. The van der Waals surface area contributed by atoms with Gasteiger partial charge in [0, 0.05) is 11.8 Å². The second-order valence-electron chi connectivity index (χ2n) is 4.26. The fourth-order valence-electron chi connectivity index (χ4n) is 1.84. The zero-order valence-corrected chi connectivity index (χ0v) is 10.7. The number of rotatable bonds is 4. The van der Waals surface area contributed by atoms with Crippen LogP contribution in [-0.2, 0) is 0 Å². The Labute approximate surface area is 107 Å². The Balaban J connectivity index is 2.32. The predicted molar refractivity (Wildman–Crippen MR) is 71.9 cm³/mol. The fraction of sp³-hybridized carbons (Fsp3) is 0.267. The molecule has 1 heterocycles. The maximum absolute atomic E-state index is 9.41. The van der Waals surface area contributed by atoms with Gasteiger partial charge in [0.15, 0.2) is 0 Å². The second kappa shape index (κ2) is 5.54. The Bertz CT molecular complexity index is 538. The molecule has 0 bridgehead atoms. The van der Waals surface area contributed by atoms with Crippen molar-refractivity contribution >= 4 is 0 Å². The van der Waals surface area contributed by atoms with Gasteiger partial charge in [0.25, 0.3) is 0 Å². The second-order valence-corrected chi connectivity index (χ2v) is 4.26. The predicted octanol–water partition coefficient (Wildman–Crippen LogP) is 3.55. The van der Waals surface area contributed by atoms with Crippen molar-refractivity contribution in [2.24, 2.45) is 0 Å². The van der Waals surface area contributed by atoms with Crippen LogP contribution in [0, 0.1) is 6.92 Å². The van der Waals surface area contributed by atoms with E-state index in [1.54, 1.807) is 24.5 Å². The first-order valence-electron chi connectivity index (χ1n) is 6.08. The number of phenolic OH excluding ortho intramolecular Hbond substituents is 1. The quantitative estimate of drug-likeness (QED) is 0.892. The number of ether oxygens (including phenoxy) is 1. The van der Waals surface area contributed by atoms with E-state index in [2.05, 4.69) is 11.9 Å². The third kappa shape index (κ3) is 2.80. The molecule has 0 saturated heterocycles. The molecule has 1 N–H and O–H groups in total. The summed E-state index contributed by atoms with van der Waals surface area (Å²) < 4.78 is 5.57. The molecule has 0 saturated carbocycles. The summed E-state index contributed by atoms with van der Waals surface area (Å²) in [5.74, 6) is 1.06. The van der Waals surface area contributed by atoms with Crippen LogP contribution >= 0.6 is 0 Å². The number of phenols is 1. The highest BCUT2D eigenvalue weighted by atomic mass is 16.5. The highest BCUT2D eigenvalue weighted by Gasteiger charge is 2.04. The summed E-state index contributed by atoms with van der Waals surface area (Å²) in [6, 6.07) is 7.30. The molecule has 2 rings (SSSR count). The molecule has 0 amide bonds. The van der Waals surface area contributed by atoms with E-state index in [1.807, 2.05) is 19.1 Å². The van der Waals surface area contributed by atoms with E-state index in [0.29, 0.717) is 6.61 Å². The van der Waals surface area contributed by atoms with Gasteiger partial charge in [-0.1, -0.05) is 13.0 Å². The van der Waals surface area contributed by atoms with Gasteiger partial charge in [-0.3, -0.25) is 4.98 Å². The van der Waals surface area contributed by atoms with Gasteiger partial charge in [-0.2, -0.15) is 0 Å². The molecule has 3 heteroatoms. The topological polar surface area (TPSA) is 42.4 Å². The molecule has 94 valence electrons. The Kier molecular flexibility index (Phi) is 3.82. The van der Waals surface area contributed by atoms with Crippen LogP contribution < -0.4 is 4.74 Å². The van der Waals surface area contributed by atoms with Gasteiger partial charge in [0.1, 0.15) is 11.5 Å². The molecule has 0 atom stereocenters. The van der Waals surface area contributed by atoms with Crippen molar-refractivity contribution in [1.82, 2.24) is 4.98 Å². The van der Waals surface area contributed by atoms with Crippen molar-refractivity contribution in [1.29, 1.82) is 0 Å². The molecule has 0 radical (unpaired) electrons. The lowest BCUT2D eigenvalue weighted by molar-refractivity contribution is 0.316. The zero-order valence-electron chi connectivity index (χ0n) is 10.7. The minimum Gasteiger partial charge on any atom is -0.508 e. The molecule has 0 aliphatic heterocycles. The van der Waals surface area contributed by atoms with E-state index in [0.717, 1.165) is 28.9 Å². The van der Waals surface area contributed by atoms with E-state index in [4.69, 9.17) is 4.74 Å². The molecule has 1 aromatic heterocycles. The highest BCUT2D eigenvalue weighted by molar-refractivity contribution is 5.68. The van der Waals surface area contributed by atoms with E-state index in [-0.39, 0.29) is 5.75 Å². The SMILES string of the molecule is CCCOc1cncc(-c2ccc(O)cc2C)c1. The molecule has 18 heavy (non-hydrogen) atoms. The number of pyridine rings is 1. The molecule has 0 fully saturated rings. The maximum Gasteiger partial charge on any atom is 0.138 e. The molecule has 0 spiro atoms. The largest absolute Gasteiger partial charge is 0.508 e. The van der Waals surface area contributed by atoms with Gasteiger partial charge in [0.05, 0.1) is 12.8 Å². The third-order valence-corrected chi connectivity index (χ3v) is 2.71. The van der Waals surface area contributed by atoms with Crippen LogP contribution in [-0.4, -0.2) is 16.7 Å². The van der Waals surface area contributed by atoms with Gasteiger partial charge in [0.2, 0.25) is 0 Å². The van der Waals surface area contributed by atoms with Gasteiger partial charge in [-0.15, -0.1) is 0 Å². The lowest BCUT2D eigenvalue weighted by Gasteiger charge is -2.09. The Morgan fingerprint density at radius 1 is 1.22 bits per heavy atom. The van der Waals surface area contributed by atoms with Crippen molar-refractivity contribution in [3.8, 4) is 22.6 Å². The van der Waals surface area contributed by atoms with E-state index in [1.165, 1.54) is 0 Å². The van der Waals surface area contributed by atoms with Gasteiger partial charge in [-0.05, 0) is 42.7 Å². The number of hydrogen-bond acceptors (Lipinski definition) is 3. The van der Waals surface area contributed by atoms with E-state index >= 15 is 0 Å². The van der Waals surface area contributed by atoms with Crippen molar-refractivity contribution < 1.29 is 9.84 Å². The Morgan fingerprint density at radius 2 is 2.06 bits per heavy atom. The molecule has 1 aromatic carbocycles. The molecule has 0 unspecified atom stereocenters. The number of aryl methyl sites for hydroxylation is 1. The normalized spacial score (nSPS) is 10.3. The summed E-state index contributed by atoms with van der Waals surface area (Å²) in [5, 5.41) is 9.41. The number of nitrogens with zero attached hydrogens (tertiary/aromatic N) is 1. The summed E-state index contributed by atoms with van der Waals surface area (Å²) in [7, 11) is 0. The average Bonchev–Trinajstić information content (AvgIpc) is 2.36. The Morgan fingerprint density at radius 3 is 2.78 bits per heavy atom. The van der Waals surface area contributed by atoms with Crippen LogP contribution in [0.5, 0.6) is 11.5 Å². The summed E-state index contributed by atoms with van der Waals surface area (Å²) in [6.07, 6.45) is 4.50. The standard InChI is InChI=1S/C15H17NO2/c1-3-6-18-14-8-12(9-16-10-14)15-5-4-13(17)7-11(15)2/h4-5,7-10,17H,3,6H2,1-2H3. The molecule has 2 aromatic rings. The lowest BCUT2D eigenvalue weighted by atomic mass is 10.0. The van der Waals surface area contributed by atoms with Crippen LogP contribution in [0.4, 0.5) is 0 Å².